The molecule has 0 bridgehead atoms. The highest BCUT2D eigenvalue weighted by Crippen LogP contribution is 2.09. The van der Waals surface area contributed by atoms with Crippen molar-refractivity contribution in [1.29, 1.82) is 0 Å². The molecular formula is C8H8N2O2. The standard InChI is InChI=1S/C8H8N2O2/c11-7-1-5-3-10-8(12)2-6(5)4-9-7/h1,4H,2-3H2,(H,9,11)(H,10,12). The average molecular weight is 164 g/mol. The number of pyridine rings is 1. The number of hydrogen-bond donors (Lipinski definition) is 2. The van der Waals surface area contributed by atoms with Crippen molar-refractivity contribution >= 4 is 5.91 Å². The fraction of sp³-hybridized carbons (Fsp3) is 0.250. The van der Waals surface area contributed by atoms with Crippen molar-refractivity contribution in [1.82, 2.24) is 10.3 Å². The summed E-state index contributed by atoms with van der Waals surface area (Å²) in [5.41, 5.74) is 1.71. The first-order valence-corrected chi connectivity index (χ1v) is 3.73. The van der Waals surface area contributed by atoms with Gasteiger partial charge in [0.15, 0.2) is 0 Å². The first kappa shape index (κ1) is 7.09. The molecule has 0 saturated carbocycles. The zero-order chi connectivity index (χ0) is 8.55. The van der Waals surface area contributed by atoms with E-state index >= 15 is 0 Å². The summed E-state index contributed by atoms with van der Waals surface area (Å²) in [6.45, 7) is 0.470. The van der Waals surface area contributed by atoms with Crippen LogP contribution in [0.15, 0.2) is 17.1 Å². The second-order valence-electron chi connectivity index (χ2n) is 2.80. The number of aromatic amines is 1. The second-order valence-corrected chi connectivity index (χ2v) is 2.80. The quantitative estimate of drug-likeness (QED) is 0.545. The molecule has 1 amide bonds. The Morgan fingerprint density at radius 2 is 2.08 bits per heavy atom. The van der Waals surface area contributed by atoms with Gasteiger partial charge in [-0.1, -0.05) is 0 Å². The molecule has 0 atom stereocenters. The molecular weight excluding hydrogens is 156 g/mol. The van der Waals surface area contributed by atoms with Gasteiger partial charge in [0, 0.05) is 18.8 Å². The number of hydrogen-bond acceptors (Lipinski definition) is 2. The molecule has 1 aliphatic rings. The fourth-order valence-electron chi connectivity index (χ4n) is 1.30. The Morgan fingerprint density at radius 1 is 1.25 bits per heavy atom. The first-order valence-electron chi connectivity index (χ1n) is 3.73. The van der Waals surface area contributed by atoms with E-state index in [1.807, 2.05) is 0 Å². The third kappa shape index (κ3) is 1.11. The van der Waals surface area contributed by atoms with E-state index in [1.165, 1.54) is 6.07 Å². The van der Waals surface area contributed by atoms with Gasteiger partial charge in [-0.2, -0.15) is 0 Å². The summed E-state index contributed by atoms with van der Waals surface area (Å²) in [5, 5.41) is 2.67. The van der Waals surface area contributed by atoms with Gasteiger partial charge in [0.1, 0.15) is 0 Å². The molecule has 4 nitrogen and oxygen atoms in total. The maximum atomic E-state index is 10.9. The molecule has 2 N–H and O–H groups in total. The third-order valence-corrected chi connectivity index (χ3v) is 1.93. The lowest BCUT2D eigenvalue weighted by Crippen LogP contribution is -2.31. The largest absolute Gasteiger partial charge is 0.352 e. The van der Waals surface area contributed by atoms with Gasteiger partial charge in [-0.3, -0.25) is 9.59 Å². The lowest BCUT2D eigenvalue weighted by molar-refractivity contribution is -0.121. The molecule has 0 saturated heterocycles. The van der Waals surface area contributed by atoms with E-state index in [0.717, 1.165) is 11.1 Å². The van der Waals surface area contributed by atoms with E-state index in [1.54, 1.807) is 6.20 Å². The van der Waals surface area contributed by atoms with Crippen LogP contribution in [0.3, 0.4) is 0 Å². The summed E-state index contributed by atoms with van der Waals surface area (Å²) in [6, 6.07) is 1.52. The first-order chi connectivity index (χ1) is 5.75. The molecule has 4 heteroatoms. The topological polar surface area (TPSA) is 62.0 Å². The number of nitrogens with one attached hydrogen (secondary N) is 2. The lowest BCUT2D eigenvalue weighted by atomic mass is 10.0. The molecule has 12 heavy (non-hydrogen) atoms. The predicted octanol–water partition coefficient (Wildman–Crippen LogP) is -0.453. The molecule has 62 valence electrons. The molecule has 0 unspecified atom stereocenters. The van der Waals surface area contributed by atoms with Crippen LogP contribution >= 0.6 is 0 Å². The molecule has 2 heterocycles. The second kappa shape index (κ2) is 2.48. The normalized spacial score (nSPS) is 15.2. The number of H-pyrrole nitrogens is 1. The van der Waals surface area contributed by atoms with Gasteiger partial charge < -0.3 is 10.3 Å². The summed E-state index contributed by atoms with van der Waals surface area (Å²) < 4.78 is 0. The van der Waals surface area contributed by atoms with Gasteiger partial charge >= 0.3 is 0 Å². The SMILES string of the molecule is O=C1Cc2c[nH]c(=O)cc2CN1. The van der Waals surface area contributed by atoms with Crippen LogP contribution in [0.25, 0.3) is 0 Å². The van der Waals surface area contributed by atoms with Gasteiger partial charge in [-0.25, -0.2) is 0 Å². The average Bonchev–Trinajstić information content (AvgIpc) is 2.05. The predicted molar refractivity (Wildman–Crippen MR) is 42.6 cm³/mol. The fourth-order valence-corrected chi connectivity index (χ4v) is 1.30. The van der Waals surface area contributed by atoms with Crippen molar-refractivity contribution in [3.8, 4) is 0 Å². The minimum atomic E-state index is -0.120. The number of aromatic nitrogens is 1. The maximum absolute atomic E-state index is 10.9. The monoisotopic (exact) mass is 164 g/mol. The summed E-state index contributed by atoms with van der Waals surface area (Å²) in [4.78, 5) is 24.3. The van der Waals surface area contributed by atoms with Crippen molar-refractivity contribution < 1.29 is 4.79 Å². The number of carbonyl (C=O) groups is 1. The van der Waals surface area contributed by atoms with Crippen LogP contribution in [0, 0.1) is 0 Å². The van der Waals surface area contributed by atoms with Gasteiger partial charge in [0.05, 0.1) is 6.42 Å². The van der Waals surface area contributed by atoms with Crippen molar-refractivity contribution in [2.24, 2.45) is 0 Å². The van der Waals surface area contributed by atoms with Crippen LogP contribution in [0.2, 0.25) is 0 Å². The molecule has 0 spiro atoms. The highest BCUT2D eigenvalue weighted by atomic mass is 16.1. The number of rotatable bonds is 0. The minimum Gasteiger partial charge on any atom is -0.352 e. The number of fused-ring (bicyclic) bond motifs is 1. The zero-order valence-electron chi connectivity index (χ0n) is 6.39. The Balaban J connectivity index is 2.49. The van der Waals surface area contributed by atoms with Crippen LogP contribution in [0.1, 0.15) is 11.1 Å². The molecule has 1 aliphatic heterocycles. The maximum Gasteiger partial charge on any atom is 0.248 e. The van der Waals surface area contributed by atoms with Crippen LogP contribution in [-0.2, 0) is 17.8 Å². The molecule has 0 fully saturated rings. The van der Waals surface area contributed by atoms with Gasteiger partial charge in [-0.05, 0) is 11.1 Å². The highest BCUT2D eigenvalue weighted by molar-refractivity contribution is 5.80. The molecule has 2 rings (SSSR count). The zero-order valence-corrected chi connectivity index (χ0v) is 6.39. The van der Waals surface area contributed by atoms with Crippen molar-refractivity contribution in [2.45, 2.75) is 13.0 Å². The Labute approximate surface area is 68.6 Å². The smallest absolute Gasteiger partial charge is 0.248 e. The van der Waals surface area contributed by atoms with E-state index in [-0.39, 0.29) is 11.5 Å². The molecule has 0 aliphatic carbocycles. The van der Waals surface area contributed by atoms with E-state index < -0.39 is 0 Å². The Bertz CT molecular complexity index is 381. The van der Waals surface area contributed by atoms with Crippen LogP contribution < -0.4 is 10.9 Å². The summed E-state index contributed by atoms with van der Waals surface area (Å²) in [7, 11) is 0. The summed E-state index contributed by atoms with van der Waals surface area (Å²) >= 11 is 0. The summed E-state index contributed by atoms with van der Waals surface area (Å²) in [6.07, 6.45) is 1.97. The molecule has 1 aromatic heterocycles. The Hall–Kier alpha value is -1.58. The molecule has 0 aromatic carbocycles. The van der Waals surface area contributed by atoms with Crippen LogP contribution in [-0.4, -0.2) is 10.9 Å². The highest BCUT2D eigenvalue weighted by Gasteiger charge is 2.14. The van der Waals surface area contributed by atoms with E-state index in [2.05, 4.69) is 10.3 Å². The van der Waals surface area contributed by atoms with Crippen molar-refractivity contribution in [2.75, 3.05) is 0 Å². The number of carbonyl (C=O) groups excluding carboxylic acids is 1. The lowest BCUT2D eigenvalue weighted by Gasteiger charge is -2.14. The van der Waals surface area contributed by atoms with Crippen LogP contribution in [0.4, 0.5) is 0 Å². The van der Waals surface area contributed by atoms with Crippen molar-refractivity contribution in [3.05, 3.63) is 33.7 Å². The van der Waals surface area contributed by atoms with E-state index in [4.69, 9.17) is 0 Å². The third-order valence-electron chi connectivity index (χ3n) is 1.93. The Kier molecular flexibility index (Phi) is 1.46. The summed E-state index contributed by atoms with van der Waals surface area (Å²) in [5.74, 6) is 0.00884. The van der Waals surface area contributed by atoms with Gasteiger partial charge in [0.2, 0.25) is 11.5 Å². The number of amides is 1. The van der Waals surface area contributed by atoms with Gasteiger partial charge in [0.25, 0.3) is 0 Å². The Morgan fingerprint density at radius 3 is 2.92 bits per heavy atom. The van der Waals surface area contributed by atoms with Crippen LogP contribution in [0.5, 0.6) is 0 Å². The van der Waals surface area contributed by atoms with E-state index in [9.17, 15) is 9.59 Å². The minimum absolute atomic E-state index is 0.00884. The molecule has 1 aromatic rings. The van der Waals surface area contributed by atoms with E-state index in [0.29, 0.717) is 13.0 Å². The van der Waals surface area contributed by atoms with Crippen molar-refractivity contribution in [3.63, 3.8) is 0 Å². The molecule has 0 radical (unpaired) electrons. The van der Waals surface area contributed by atoms with Gasteiger partial charge in [-0.15, -0.1) is 0 Å².